The van der Waals surface area contributed by atoms with Crippen LogP contribution in [0.3, 0.4) is 0 Å². The van der Waals surface area contributed by atoms with Crippen LogP contribution in [0.25, 0.3) is 0 Å². The molecule has 0 aromatic carbocycles. The maximum atomic E-state index is 10.7. The van der Waals surface area contributed by atoms with Crippen LogP contribution >= 0.6 is 0 Å². The molecule has 13 heavy (non-hydrogen) atoms. The van der Waals surface area contributed by atoms with Crippen LogP contribution in [-0.4, -0.2) is 11.1 Å². The van der Waals surface area contributed by atoms with E-state index in [2.05, 4.69) is 6.92 Å². The Labute approximate surface area is 79.3 Å². The molecule has 2 rings (SSSR count). The molecule has 0 saturated heterocycles. The number of carboxylic acid groups (broad SMARTS) is 1. The Balaban J connectivity index is 1.81. The zero-order chi connectivity index (χ0) is 9.42. The molecule has 2 atom stereocenters. The first kappa shape index (κ1) is 9.04. The van der Waals surface area contributed by atoms with E-state index in [4.69, 9.17) is 5.11 Å². The predicted octanol–water partition coefficient (Wildman–Crippen LogP) is 2.53. The Hall–Kier alpha value is -0.530. The third-order valence-corrected chi connectivity index (χ3v) is 3.82. The number of hydrogen-bond donors (Lipinski definition) is 1. The highest BCUT2D eigenvalue weighted by Crippen LogP contribution is 2.49. The summed E-state index contributed by atoms with van der Waals surface area (Å²) in [6.45, 7) is 2.30. The zero-order valence-corrected chi connectivity index (χ0v) is 8.20. The van der Waals surface area contributed by atoms with Crippen molar-refractivity contribution < 1.29 is 9.90 Å². The second kappa shape index (κ2) is 3.32. The first-order chi connectivity index (χ1) is 6.18. The lowest BCUT2D eigenvalue weighted by atomic mass is 9.80. The standard InChI is InChI=1S/C11H18O2/c1-7-2-4-8(5-3-7)9-6-10(9)11(12)13/h7-10H,2-6H2,1H3,(H,12,13)/t7?,8?,9-,10+/m0/s1. The van der Waals surface area contributed by atoms with E-state index in [9.17, 15) is 4.79 Å². The lowest BCUT2D eigenvalue weighted by molar-refractivity contribution is -0.139. The van der Waals surface area contributed by atoms with Crippen LogP contribution < -0.4 is 0 Å². The molecule has 0 aliphatic heterocycles. The van der Waals surface area contributed by atoms with Crippen LogP contribution in [0.4, 0.5) is 0 Å². The minimum absolute atomic E-state index is 0.0124. The summed E-state index contributed by atoms with van der Waals surface area (Å²) >= 11 is 0. The molecule has 0 amide bonds. The molecule has 0 spiro atoms. The van der Waals surface area contributed by atoms with Gasteiger partial charge in [0, 0.05) is 0 Å². The lowest BCUT2D eigenvalue weighted by Gasteiger charge is -2.26. The molecule has 2 heteroatoms. The Morgan fingerprint density at radius 3 is 2.31 bits per heavy atom. The average Bonchev–Trinajstić information content (AvgIpc) is 2.85. The van der Waals surface area contributed by atoms with Crippen molar-refractivity contribution in [2.24, 2.45) is 23.7 Å². The second-order valence-corrected chi connectivity index (χ2v) is 4.86. The first-order valence-electron chi connectivity index (χ1n) is 5.41. The summed E-state index contributed by atoms with van der Waals surface area (Å²) in [6, 6.07) is 0. The van der Waals surface area contributed by atoms with Crippen LogP contribution in [0.5, 0.6) is 0 Å². The highest BCUT2D eigenvalue weighted by Gasteiger charge is 2.47. The average molecular weight is 182 g/mol. The first-order valence-corrected chi connectivity index (χ1v) is 5.41. The minimum Gasteiger partial charge on any atom is -0.481 e. The summed E-state index contributed by atoms with van der Waals surface area (Å²) < 4.78 is 0. The smallest absolute Gasteiger partial charge is 0.306 e. The molecule has 1 N–H and O–H groups in total. The van der Waals surface area contributed by atoms with Gasteiger partial charge in [0.05, 0.1) is 5.92 Å². The van der Waals surface area contributed by atoms with Gasteiger partial charge in [-0.25, -0.2) is 0 Å². The van der Waals surface area contributed by atoms with Gasteiger partial charge in [-0.2, -0.15) is 0 Å². The number of carbonyl (C=O) groups is 1. The van der Waals surface area contributed by atoms with E-state index >= 15 is 0 Å². The van der Waals surface area contributed by atoms with Gasteiger partial charge in [0.25, 0.3) is 0 Å². The van der Waals surface area contributed by atoms with Gasteiger partial charge in [0.2, 0.25) is 0 Å². The third kappa shape index (κ3) is 1.87. The summed E-state index contributed by atoms with van der Waals surface area (Å²) in [7, 11) is 0. The van der Waals surface area contributed by atoms with Gasteiger partial charge in [-0.1, -0.05) is 19.8 Å². The van der Waals surface area contributed by atoms with Gasteiger partial charge in [-0.15, -0.1) is 0 Å². The Bertz CT molecular complexity index is 204. The topological polar surface area (TPSA) is 37.3 Å². The van der Waals surface area contributed by atoms with E-state index in [0.29, 0.717) is 5.92 Å². The van der Waals surface area contributed by atoms with E-state index in [0.717, 1.165) is 18.3 Å². The molecule has 2 saturated carbocycles. The largest absolute Gasteiger partial charge is 0.481 e. The molecular weight excluding hydrogens is 164 g/mol. The van der Waals surface area contributed by atoms with Crippen LogP contribution in [0.1, 0.15) is 39.0 Å². The van der Waals surface area contributed by atoms with Crippen LogP contribution in [0.15, 0.2) is 0 Å². The molecule has 74 valence electrons. The molecule has 0 heterocycles. The van der Waals surface area contributed by atoms with Crippen molar-refractivity contribution in [2.75, 3.05) is 0 Å². The van der Waals surface area contributed by atoms with Crippen molar-refractivity contribution in [3.05, 3.63) is 0 Å². The molecule has 0 aromatic rings. The predicted molar refractivity (Wildman–Crippen MR) is 50.4 cm³/mol. The molecule has 0 radical (unpaired) electrons. The second-order valence-electron chi connectivity index (χ2n) is 4.86. The molecule has 0 unspecified atom stereocenters. The van der Waals surface area contributed by atoms with Crippen molar-refractivity contribution in [3.63, 3.8) is 0 Å². The number of carboxylic acids is 1. The Morgan fingerprint density at radius 2 is 1.85 bits per heavy atom. The summed E-state index contributed by atoms with van der Waals surface area (Å²) in [4.78, 5) is 10.7. The number of rotatable bonds is 2. The lowest BCUT2D eigenvalue weighted by Crippen LogP contribution is -2.16. The van der Waals surface area contributed by atoms with Gasteiger partial charge >= 0.3 is 5.97 Å². The van der Waals surface area contributed by atoms with Crippen molar-refractivity contribution in [1.82, 2.24) is 0 Å². The maximum Gasteiger partial charge on any atom is 0.306 e. The van der Waals surface area contributed by atoms with E-state index in [1.807, 2.05) is 0 Å². The number of hydrogen-bond acceptors (Lipinski definition) is 1. The normalized spacial score (nSPS) is 44.4. The van der Waals surface area contributed by atoms with Crippen molar-refractivity contribution in [2.45, 2.75) is 39.0 Å². The molecule has 2 aliphatic rings. The Morgan fingerprint density at radius 1 is 1.23 bits per heavy atom. The highest BCUT2D eigenvalue weighted by molar-refractivity contribution is 5.73. The van der Waals surface area contributed by atoms with Gasteiger partial charge in [0.1, 0.15) is 0 Å². The van der Waals surface area contributed by atoms with Crippen LogP contribution in [-0.2, 0) is 4.79 Å². The fourth-order valence-electron chi connectivity index (χ4n) is 2.73. The molecular formula is C11H18O2. The molecule has 0 bridgehead atoms. The summed E-state index contributed by atoms with van der Waals surface area (Å²) in [6.07, 6.45) is 6.13. The monoisotopic (exact) mass is 182 g/mol. The summed E-state index contributed by atoms with van der Waals surface area (Å²) in [5.41, 5.74) is 0. The minimum atomic E-state index is -0.566. The van der Waals surface area contributed by atoms with Crippen LogP contribution in [0, 0.1) is 23.7 Å². The van der Waals surface area contributed by atoms with Gasteiger partial charge in [-0.05, 0) is 37.0 Å². The van der Waals surface area contributed by atoms with Crippen molar-refractivity contribution in [3.8, 4) is 0 Å². The van der Waals surface area contributed by atoms with Gasteiger partial charge < -0.3 is 5.11 Å². The Kier molecular flexibility index (Phi) is 2.31. The molecule has 2 aliphatic carbocycles. The molecule has 2 nitrogen and oxygen atoms in total. The van der Waals surface area contributed by atoms with E-state index in [1.54, 1.807) is 0 Å². The number of aliphatic carboxylic acids is 1. The van der Waals surface area contributed by atoms with Gasteiger partial charge in [0.15, 0.2) is 0 Å². The van der Waals surface area contributed by atoms with Crippen LogP contribution in [0.2, 0.25) is 0 Å². The van der Waals surface area contributed by atoms with Gasteiger partial charge in [-0.3, -0.25) is 4.79 Å². The fraction of sp³-hybridized carbons (Fsp3) is 0.909. The van der Waals surface area contributed by atoms with E-state index < -0.39 is 5.97 Å². The zero-order valence-electron chi connectivity index (χ0n) is 8.20. The van der Waals surface area contributed by atoms with Crippen molar-refractivity contribution in [1.29, 1.82) is 0 Å². The third-order valence-electron chi connectivity index (χ3n) is 3.82. The van der Waals surface area contributed by atoms with E-state index in [-0.39, 0.29) is 5.92 Å². The van der Waals surface area contributed by atoms with Crippen molar-refractivity contribution >= 4 is 5.97 Å². The summed E-state index contributed by atoms with van der Waals surface area (Å²) in [5.74, 6) is 1.59. The maximum absolute atomic E-state index is 10.7. The highest BCUT2D eigenvalue weighted by atomic mass is 16.4. The molecule has 0 aromatic heterocycles. The molecule has 2 fully saturated rings. The van der Waals surface area contributed by atoms with E-state index in [1.165, 1.54) is 25.7 Å². The fourth-order valence-corrected chi connectivity index (χ4v) is 2.73. The SMILES string of the molecule is CC1CCC([C@@H]2C[C@H]2C(=O)O)CC1. The quantitative estimate of drug-likeness (QED) is 0.712. The summed E-state index contributed by atoms with van der Waals surface area (Å²) in [5, 5.41) is 8.81.